The first-order valence-electron chi connectivity index (χ1n) is 8.33. The van der Waals surface area contributed by atoms with Gasteiger partial charge >= 0.3 is 0 Å². The van der Waals surface area contributed by atoms with Crippen molar-refractivity contribution >= 4 is 5.91 Å². The summed E-state index contributed by atoms with van der Waals surface area (Å²) in [5.41, 5.74) is 7.21. The third-order valence-electron chi connectivity index (χ3n) is 4.53. The highest BCUT2D eigenvalue weighted by atomic mass is 16.1. The molecule has 0 aliphatic rings. The highest BCUT2D eigenvalue weighted by Gasteiger charge is 2.14. The maximum Gasteiger partial charge on any atom is 0.224 e. The van der Waals surface area contributed by atoms with E-state index in [2.05, 4.69) is 76.3 Å². The second kappa shape index (κ2) is 7.45. The Morgan fingerprint density at radius 3 is 2.30 bits per heavy atom. The molecule has 0 aliphatic carbocycles. The van der Waals surface area contributed by atoms with Gasteiger partial charge in [-0.1, -0.05) is 48.9 Å². The second-order valence-corrected chi connectivity index (χ2v) is 6.48. The minimum atomic E-state index is 0.0758. The molecule has 0 saturated carbocycles. The zero-order valence-corrected chi connectivity index (χ0v) is 14.9. The average molecular weight is 309 g/mol. The van der Waals surface area contributed by atoms with Crippen LogP contribution < -0.4 is 5.32 Å². The van der Waals surface area contributed by atoms with E-state index in [1.165, 1.54) is 27.8 Å². The van der Waals surface area contributed by atoms with E-state index in [9.17, 15) is 4.79 Å². The Hall–Kier alpha value is -2.09. The average Bonchev–Trinajstić information content (AvgIpc) is 2.51. The lowest BCUT2D eigenvalue weighted by atomic mass is 9.98. The van der Waals surface area contributed by atoms with Gasteiger partial charge < -0.3 is 5.32 Å². The molecule has 0 spiro atoms. The lowest BCUT2D eigenvalue weighted by Gasteiger charge is -2.19. The van der Waals surface area contributed by atoms with Crippen molar-refractivity contribution in [3.8, 4) is 0 Å². The van der Waals surface area contributed by atoms with Gasteiger partial charge in [-0.05, 0) is 61.9 Å². The minimum absolute atomic E-state index is 0.0758. The van der Waals surface area contributed by atoms with Crippen LogP contribution in [-0.2, 0) is 11.2 Å². The Labute approximate surface area is 139 Å². The highest BCUT2D eigenvalue weighted by molar-refractivity contribution is 5.79. The number of hydrogen-bond donors (Lipinski definition) is 1. The van der Waals surface area contributed by atoms with Gasteiger partial charge in [0, 0.05) is 0 Å². The van der Waals surface area contributed by atoms with Crippen LogP contribution in [0, 0.1) is 27.7 Å². The van der Waals surface area contributed by atoms with Crippen molar-refractivity contribution in [2.45, 2.75) is 53.5 Å². The molecule has 2 nitrogen and oxygen atoms in total. The molecule has 122 valence electrons. The molecule has 1 atom stereocenters. The van der Waals surface area contributed by atoms with E-state index < -0.39 is 0 Å². The number of amides is 1. The van der Waals surface area contributed by atoms with Gasteiger partial charge in [0.2, 0.25) is 5.91 Å². The van der Waals surface area contributed by atoms with Crippen molar-refractivity contribution in [2.75, 3.05) is 0 Å². The van der Waals surface area contributed by atoms with Gasteiger partial charge in [0.15, 0.2) is 0 Å². The zero-order valence-electron chi connectivity index (χ0n) is 14.9. The fraction of sp³-hybridized carbons (Fsp3) is 0.381. The van der Waals surface area contributed by atoms with Gasteiger partial charge in [-0.3, -0.25) is 4.79 Å². The smallest absolute Gasteiger partial charge is 0.224 e. The van der Waals surface area contributed by atoms with Crippen molar-refractivity contribution in [3.05, 3.63) is 69.8 Å². The van der Waals surface area contributed by atoms with Gasteiger partial charge in [-0.2, -0.15) is 0 Å². The van der Waals surface area contributed by atoms with Crippen LogP contribution in [0.25, 0.3) is 0 Å². The van der Waals surface area contributed by atoms with E-state index in [0.29, 0.717) is 6.42 Å². The number of nitrogens with one attached hydrogen (secondary N) is 1. The van der Waals surface area contributed by atoms with Crippen LogP contribution in [0.4, 0.5) is 0 Å². The van der Waals surface area contributed by atoms with Crippen LogP contribution in [0.1, 0.15) is 52.8 Å². The van der Waals surface area contributed by atoms with Gasteiger partial charge in [0.1, 0.15) is 0 Å². The molecule has 2 rings (SSSR count). The Balaban J connectivity index is 2.10. The molecule has 23 heavy (non-hydrogen) atoms. The van der Waals surface area contributed by atoms with Crippen molar-refractivity contribution < 1.29 is 4.79 Å². The van der Waals surface area contributed by atoms with E-state index in [0.717, 1.165) is 12.0 Å². The van der Waals surface area contributed by atoms with E-state index in [1.54, 1.807) is 0 Å². The summed E-state index contributed by atoms with van der Waals surface area (Å²) in [6, 6.07) is 12.8. The summed E-state index contributed by atoms with van der Waals surface area (Å²) < 4.78 is 0. The monoisotopic (exact) mass is 309 g/mol. The molecule has 0 unspecified atom stereocenters. The van der Waals surface area contributed by atoms with E-state index in [4.69, 9.17) is 0 Å². The summed E-state index contributed by atoms with van der Waals surface area (Å²) in [5, 5.41) is 3.19. The zero-order chi connectivity index (χ0) is 17.0. The number of carbonyl (C=O) groups is 1. The lowest BCUT2D eigenvalue weighted by Crippen LogP contribution is -2.29. The molecule has 0 saturated heterocycles. The third kappa shape index (κ3) is 4.44. The van der Waals surface area contributed by atoms with Crippen LogP contribution in [0.2, 0.25) is 0 Å². The van der Waals surface area contributed by atoms with Crippen LogP contribution >= 0.6 is 0 Å². The van der Waals surface area contributed by atoms with Gasteiger partial charge in [-0.15, -0.1) is 0 Å². The number of hydrogen-bond acceptors (Lipinski definition) is 1. The fourth-order valence-electron chi connectivity index (χ4n) is 2.81. The molecule has 2 aromatic rings. The van der Waals surface area contributed by atoms with Gasteiger partial charge in [0.25, 0.3) is 0 Å². The first-order valence-corrected chi connectivity index (χ1v) is 8.33. The van der Waals surface area contributed by atoms with Crippen molar-refractivity contribution in [3.63, 3.8) is 0 Å². The lowest BCUT2D eigenvalue weighted by molar-refractivity contribution is -0.121. The molecule has 0 heterocycles. The van der Waals surface area contributed by atoms with E-state index in [1.807, 2.05) is 0 Å². The number of aryl methyl sites for hydroxylation is 4. The van der Waals surface area contributed by atoms with Crippen molar-refractivity contribution in [1.29, 1.82) is 0 Å². The first-order chi connectivity index (χ1) is 10.9. The Morgan fingerprint density at radius 1 is 0.957 bits per heavy atom. The molecule has 0 fully saturated rings. The maximum atomic E-state index is 12.5. The molecular weight excluding hydrogens is 282 g/mol. The normalized spacial score (nSPS) is 12.0. The molecular formula is C21H27NO. The Bertz CT molecular complexity index is 703. The van der Waals surface area contributed by atoms with E-state index in [-0.39, 0.29) is 11.9 Å². The predicted molar refractivity (Wildman–Crippen MR) is 96.7 cm³/mol. The molecule has 1 amide bonds. The maximum absolute atomic E-state index is 12.5. The molecule has 0 aromatic heterocycles. The summed E-state index contributed by atoms with van der Waals surface area (Å²) in [5.74, 6) is 0.0868. The van der Waals surface area contributed by atoms with Crippen LogP contribution in [0.3, 0.4) is 0 Å². The minimum Gasteiger partial charge on any atom is -0.349 e. The Kier molecular flexibility index (Phi) is 5.59. The molecule has 0 bridgehead atoms. The summed E-state index contributed by atoms with van der Waals surface area (Å²) in [6.07, 6.45) is 1.33. The van der Waals surface area contributed by atoms with Crippen LogP contribution in [-0.4, -0.2) is 5.91 Å². The second-order valence-electron chi connectivity index (χ2n) is 6.48. The standard InChI is InChI=1S/C21H27NO/c1-6-20(18-10-9-15(3)17(5)12-18)22-21(23)13-19-11-14(2)7-8-16(19)4/h7-12,20H,6,13H2,1-5H3,(H,22,23)/t20-/m1/s1. The predicted octanol–water partition coefficient (Wildman–Crippen LogP) is 4.73. The van der Waals surface area contributed by atoms with Crippen LogP contribution in [0.15, 0.2) is 36.4 Å². The first kappa shape index (κ1) is 17.3. The molecule has 2 aromatic carbocycles. The van der Waals surface area contributed by atoms with Crippen molar-refractivity contribution in [1.82, 2.24) is 5.32 Å². The molecule has 1 N–H and O–H groups in total. The topological polar surface area (TPSA) is 29.1 Å². The van der Waals surface area contributed by atoms with Crippen LogP contribution in [0.5, 0.6) is 0 Å². The third-order valence-corrected chi connectivity index (χ3v) is 4.53. The number of benzene rings is 2. The molecule has 0 aliphatic heterocycles. The quantitative estimate of drug-likeness (QED) is 0.850. The van der Waals surface area contributed by atoms with Gasteiger partial charge in [-0.25, -0.2) is 0 Å². The number of rotatable bonds is 5. The molecule has 0 radical (unpaired) electrons. The largest absolute Gasteiger partial charge is 0.349 e. The summed E-state index contributed by atoms with van der Waals surface area (Å²) in [6.45, 7) is 10.5. The fourth-order valence-corrected chi connectivity index (χ4v) is 2.81. The molecule has 2 heteroatoms. The SMILES string of the molecule is CC[C@@H](NC(=O)Cc1cc(C)ccc1C)c1ccc(C)c(C)c1. The Morgan fingerprint density at radius 2 is 1.65 bits per heavy atom. The summed E-state index contributed by atoms with van der Waals surface area (Å²) >= 11 is 0. The van der Waals surface area contributed by atoms with Crippen molar-refractivity contribution in [2.24, 2.45) is 0 Å². The van der Waals surface area contributed by atoms with E-state index >= 15 is 0 Å². The summed E-state index contributed by atoms with van der Waals surface area (Å²) in [4.78, 5) is 12.5. The highest BCUT2D eigenvalue weighted by Crippen LogP contribution is 2.20. The number of carbonyl (C=O) groups excluding carboxylic acids is 1. The van der Waals surface area contributed by atoms with Gasteiger partial charge in [0.05, 0.1) is 12.5 Å². The summed E-state index contributed by atoms with van der Waals surface area (Å²) in [7, 11) is 0.